The third-order valence-corrected chi connectivity index (χ3v) is 4.78. The van der Waals surface area contributed by atoms with E-state index in [2.05, 4.69) is 10.2 Å². The Morgan fingerprint density at radius 3 is 2.44 bits per heavy atom. The van der Waals surface area contributed by atoms with Gasteiger partial charge in [-0.15, -0.1) is 0 Å². The number of carbonyl (C=O) groups is 1. The molecule has 3 rings (SSSR count). The van der Waals surface area contributed by atoms with Gasteiger partial charge in [-0.3, -0.25) is 9.69 Å². The van der Waals surface area contributed by atoms with Crippen LogP contribution in [0.5, 0.6) is 0 Å². The van der Waals surface area contributed by atoms with Crippen molar-refractivity contribution < 1.29 is 9.90 Å². The second-order valence-electron chi connectivity index (χ2n) is 6.59. The molecular weight excluding hydrogens is 312 g/mol. The number of aliphatic hydroxyl groups is 1. The molecular formula is C21H26N2O2. The molecule has 0 bridgehead atoms. The first kappa shape index (κ1) is 17.6. The summed E-state index contributed by atoms with van der Waals surface area (Å²) in [5, 5.41) is 12.5. The summed E-state index contributed by atoms with van der Waals surface area (Å²) in [4.78, 5) is 15.3. The van der Waals surface area contributed by atoms with Gasteiger partial charge in [0.05, 0.1) is 6.04 Å². The average molecular weight is 338 g/mol. The maximum Gasteiger partial charge on any atom is 0.252 e. The normalized spacial score (nSPS) is 15.9. The Morgan fingerprint density at radius 1 is 1.04 bits per heavy atom. The minimum Gasteiger partial charge on any atom is -0.396 e. The van der Waals surface area contributed by atoms with E-state index < -0.39 is 0 Å². The van der Waals surface area contributed by atoms with Gasteiger partial charge in [0.2, 0.25) is 0 Å². The maximum atomic E-state index is 12.9. The Morgan fingerprint density at radius 2 is 1.72 bits per heavy atom. The zero-order valence-corrected chi connectivity index (χ0v) is 14.5. The van der Waals surface area contributed by atoms with Crippen LogP contribution >= 0.6 is 0 Å². The first-order chi connectivity index (χ1) is 12.3. The Balaban J connectivity index is 1.75. The van der Waals surface area contributed by atoms with Crippen LogP contribution in [0.25, 0.3) is 0 Å². The number of rotatable bonds is 7. The number of hydrogen-bond acceptors (Lipinski definition) is 3. The number of amides is 1. The van der Waals surface area contributed by atoms with Crippen molar-refractivity contribution in [2.24, 2.45) is 0 Å². The molecule has 25 heavy (non-hydrogen) atoms. The van der Waals surface area contributed by atoms with Gasteiger partial charge in [0.15, 0.2) is 0 Å². The summed E-state index contributed by atoms with van der Waals surface area (Å²) < 4.78 is 0. The van der Waals surface area contributed by atoms with E-state index in [4.69, 9.17) is 0 Å². The summed E-state index contributed by atoms with van der Waals surface area (Å²) in [6.45, 7) is 3.06. The van der Waals surface area contributed by atoms with Gasteiger partial charge in [-0.05, 0) is 49.5 Å². The standard InChI is InChI=1S/C21H26N2O2/c24-15-12-20(17-8-2-1-3-9-17)22-21(25)19-11-5-4-10-18(19)16-23-13-6-7-14-23/h1-5,8-11,20,24H,6-7,12-16H2,(H,22,25). The molecule has 0 aromatic heterocycles. The van der Waals surface area contributed by atoms with E-state index in [9.17, 15) is 9.90 Å². The molecule has 0 spiro atoms. The van der Waals surface area contributed by atoms with Crippen LogP contribution in [0.4, 0.5) is 0 Å². The minimum atomic E-state index is -0.182. The SMILES string of the molecule is O=C(NC(CCO)c1ccccc1)c1ccccc1CN1CCCC1. The van der Waals surface area contributed by atoms with Crippen molar-refractivity contribution in [2.75, 3.05) is 19.7 Å². The predicted molar refractivity (Wildman–Crippen MR) is 99.3 cm³/mol. The van der Waals surface area contributed by atoms with Crippen molar-refractivity contribution in [1.82, 2.24) is 10.2 Å². The average Bonchev–Trinajstić information content (AvgIpc) is 3.15. The summed E-state index contributed by atoms with van der Waals surface area (Å²) in [6.07, 6.45) is 2.98. The van der Waals surface area contributed by atoms with E-state index >= 15 is 0 Å². The van der Waals surface area contributed by atoms with Gasteiger partial charge in [-0.25, -0.2) is 0 Å². The van der Waals surface area contributed by atoms with Crippen molar-refractivity contribution in [2.45, 2.75) is 31.8 Å². The van der Waals surface area contributed by atoms with Crippen LogP contribution in [0.1, 0.15) is 46.8 Å². The molecule has 2 N–H and O–H groups in total. The van der Waals surface area contributed by atoms with E-state index in [-0.39, 0.29) is 18.6 Å². The van der Waals surface area contributed by atoms with Gasteiger partial charge in [-0.2, -0.15) is 0 Å². The lowest BCUT2D eigenvalue weighted by atomic mass is 10.0. The van der Waals surface area contributed by atoms with Crippen LogP contribution in [0.3, 0.4) is 0 Å². The Labute approximate surface area is 149 Å². The zero-order valence-electron chi connectivity index (χ0n) is 14.5. The van der Waals surface area contributed by atoms with Gasteiger partial charge >= 0.3 is 0 Å². The van der Waals surface area contributed by atoms with Gasteiger partial charge in [0, 0.05) is 18.7 Å². The minimum absolute atomic E-state index is 0.0370. The number of nitrogens with one attached hydrogen (secondary N) is 1. The summed E-state index contributed by atoms with van der Waals surface area (Å²) in [7, 11) is 0. The topological polar surface area (TPSA) is 52.6 Å². The highest BCUT2D eigenvalue weighted by Gasteiger charge is 2.19. The van der Waals surface area contributed by atoms with Crippen LogP contribution in [0, 0.1) is 0 Å². The first-order valence-corrected chi connectivity index (χ1v) is 9.05. The predicted octanol–water partition coefficient (Wildman–Crippen LogP) is 3.14. The lowest BCUT2D eigenvalue weighted by Gasteiger charge is -2.21. The number of likely N-dealkylation sites (tertiary alicyclic amines) is 1. The van der Waals surface area contributed by atoms with Crippen molar-refractivity contribution in [3.8, 4) is 0 Å². The number of carbonyl (C=O) groups excluding carboxylic acids is 1. The smallest absolute Gasteiger partial charge is 0.252 e. The fourth-order valence-corrected chi connectivity index (χ4v) is 3.43. The molecule has 1 amide bonds. The molecule has 2 aromatic rings. The van der Waals surface area contributed by atoms with Crippen LogP contribution in [0.2, 0.25) is 0 Å². The number of hydrogen-bond donors (Lipinski definition) is 2. The number of benzene rings is 2. The fourth-order valence-electron chi connectivity index (χ4n) is 3.43. The molecule has 4 nitrogen and oxygen atoms in total. The molecule has 1 heterocycles. The zero-order chi connectivity index (χ0) is 17.5. The molecule has 1 fully saturated rings. The highest BCUT2D eigenvalue weighted by Crippen LogP contribution is 2.20. The van der Waals surface area contributed by atoms with E-state index in [1.54, 1.807) is 0 Å². The summed E-state index contributed by atoms with van der Waals surface area (Å²) in [6, 6.07) is 17.5. The van der Waals surface area contributed by atoms with E-state index in [0.717, 1.165) is 36.3 Å². The highest BCUT2D eigenvalue weighted by molar-refractivity contribution is 5.95. The van der Waals surface area contributed by atoms with Crippen LogP contribution in [-0.4, -0.2) is 35.6 Å². The maximum absolute atomic E-state index is 12.9. The van der Waals surface area contributed by atoms with Gasteiger partial charge in [0.1, 0.15) is 0 Å². The molecule has 1 unspecified atom stereocenters. The monoisotopic (exact) mass is 338 g/mol. The van der Waals surface area contributed by atoms with Crippen molar-refractivity contribution >= 4 is 5.91 Å². The van der Waals surface area contributed by atoms with E-state index in [1.165, 1.54) is 12.8 Å². The molecule has 1 saturated heterocycles. The van der Waals surface area contributed by atoms with Gasteiger partial charge in [-0.1, -0.05) is 48.5 Å². The third kappa shape index (κ3) is 4.68. The second-order valence-corrected chi connectivity index (χ2v) is 6.59. The lowest BCUT2D eigenvalue weighted by molar-refractivity contribution is 0.0928. The van der Waals surface area contributed by atoms with Crippen molar-refractivity contribution in [3.05, 3.63) is 71.3 Å². The first-order valence-electron chi connectivity index (χ1n) is 9.05. The van der Waals surface area contributed by atoms with Gasteiger partial charge < -0.3 is 10.4 Å². The quantitative estimate of drug-likeness (QED) is 0.815. The van der Waals surface area contributed by atoms with Crippen molar-refractivity contribution in [3.63, 3.8) is 0 Å². The largest absolute Gasteiger partial charge is 0.396 e. The van der Waals surface area contributed by atoms with E-state index in [0.29, 0.717) is 6.42 Å². The number of nitrogens with zero attached hydrogens (tertiary/aromatic N) is 1. The Kier molecular flexibility index (Phi) is 6.20. The summed E-state index contributed by atoms with van der Waals surface area (Å²) >= 11 is 0. The molecule has 4 heteroatoms. The van der Waals surface area contributed by atoms with E-state index in [1.807, 2.05) is 54.6 Å². The molecule has 2 aromatic carbocycles. The number of aliphatic hydroxyl groups excluding tert-OH is 1. The summed E-state index contributed by atoms with van der Waals surface area (Å²) in [5.74, 6) is -0.0721. The Hall–Kier alpha value is -2.17. The lowest BCUT2D eigenvalue weighted by Crippen LogP contribution is -2.30. The van der Waals surface area contributed by atoms with Crippen LogP contribution in [0.15, 0.2) is 54.6 Å². The van der Waals surface area contributed by atoms with Gasteiger partial charge in [0.25, 0.3) is 5.91 Å². The molecule has 1 atom stereocenters. The third-order valence-electron chi connectivity index (χ3n) is 4.78. The van der Waals surface area contributed by atoms with Crippen molar-refractivity contribution in [1.29, 1.82) is 0 Å². The molecule has 0 saturated carbocycles. The molecule has 0 radical (unpaired) electrons. The molecule has 132 valence electrons. The van der Waals surface area contributed by atoms with Crippen LogP contribution < -0.4 is 5.32 Å². The second kappa shape index (κ2) is 8.79. The van der Waals surface area contributed by atoms with Crippen LogP contribution in [-0.2, 0) is 6.54 Å². The molecule has 1 aliphatic heterocycles. The molecule has 0 aliphatic carbocycles. The Bertz CT molecular complexity index is 681. The highest BCUT2D eigenvalue weighted by atomic mass is 16.3. The summed E-state index contributed by atoms with van der Waals surface area (Å²) in [5.41, 5.74) is 2.81. The molecule has 1 aliphatic rings. The fraction of sp³-hybridized carbons (Fsp3) is 0.381.